The third-order valence-corrected chi connectivity index (χ3v) is 10.1. The molecule has 2 aliphatic carbocycles. The fraction of sp³-hybridized carbons (Fsp3) is 0.317. The third-order valence-electron chi connectivity index (χ3n) is 10.1. The highest BCUT2D eigenvalue weighted by Crippen LogP contribution is 2.35. The van der Waals surface area contributed by atoms with Crippen molar-refractivity contribution in [2.24, 2.45) is 0 Å². The van der Waals surface area contributed by atoms with Crippen LogP contribution in [-0.2, 0) is 35.5 Å². The topological polar surface area (TPSA) is 32.3 Å². The molecule has 0 saturated heterocycles. The summed E-state index contributed by atoms with van der Waals surface area (Å²) in [6.07, 6.45) is 6.46. The van der Waals surface area contributed by atoms with E-state index in [1.165, 1.54) is 61.8 Å². The van der Waals surface area contributed by atoms with E-state index < -0.39 is 0 Å². The van der Waals surface area contributed by atoms with Crippen LogP contribution in [0.3, 0.4) is 0 Å². The summed E-state index contributed by atoms with van der Waals surface area (Å²) < 4.78 is 10.7. The number of esters is 1. The molecule has 0 saturated carbocycles. The Labute approximate surface area is 267 Å². The Hall–Kier alpha value is -4.53. The molecular weight excluding hydrogens is 552 g/mol. The standard InChI is InChI=1S/C41H42N2O2/c1-27-17-32(18-28(27)2)20-33-19-29(3)38(21-33)41(44)45-26-31-15-13-30(14-16-31)25-43-37(23-35-10-6-8-12-40(35)43)24-36-22-34-9-5-7-11-39(34)42(36)4/h5-16H,17-19,21-26H2,1-4H3/q+2. The predicted molar refractivity (Wildman–Crippen MR) is 181 cm³/mol. The normalized spacial score (nSPS) is 17.5. The molecule has 0 fully saturated rings. The molecule has 0 aromatic heterocycles. The van der Waals surface area contributed by atoms with E-state index in [0.717, 1.165) is 61.8 Å². The van der Waals surface area contributed by atoms with Crippen LogP contribution in [0.5, 0.6) is 0 Å². The summed E-state index contributed by atoms with van der Waals surface area (Å²) in [6, 6.07) is 26.1. The number of benzene rings is 3. The molecule has 0 bridgehead atoms. The van der Waals surface area contributed by atoms with Gasteiger partial charge in [-0.15, -0.1) is 5.73 Å². The number of fused-ring (bicyclic) bond motifs is 2. The van der Waals surface area contributed by atoms with Crippen LogP contribution in [0.25, 0.3) is 0 Å². The van der Waals surface area contributed by atoms with Gasteiger partial charge in [0, 0.05) is 40.8 Å². The largest absolute Gasteiger partial charge is 0.457 e. The molecule has 7 rings (SSSR count). The van der Waals surface area contributed by atoms with Gasteiger partial charge >= 0.3 is 5.97 Å². The molecule has 0 N–H and O–H groups in total. The molecule has 2 aliphatic heterocycles. The number of carbonyl (C=O) groups is 1. The Morgan fingerprint density at radius 3 is 1.98 bits per heavy atom. The summed E-state index contributed by atoms with van der Waals surface area (Å²) in [7, 11) is 2.20. The van der Waals surface area contributed by atoms with Gasteiger partial charge < -0.3 is 4.74 Å². The lowest BCUT2D eigenvalue weighted by atomic mass is 10.0. The van der Waals surface area contributed by atoms with Gasteiger partial charge in [-0.3, -0.25) is 0 Å². The first-order chi connectivity index (χ1) is 21.8. The van der Waals surface area contributed by atoms with E-state index in [2.05, 4.69) is 115 Å². The highest BCUT2D eigenvalue weighted by Gasteiger charge is 2.35. The van der Waals surface area contributed by atoms with Crippen molar-refractivity contribution in [3.8, 4) is 0 Å². The minimum absolute atomic E-state index is 0.195. The monoisotopic (exact) mass is 594 g/mol. The van der Waals surface area contributed by atoms with Crippen LogP contribution in [0.2, 0.25) is 0 Å². The van der Waals surface area contributed by atoms with Crippen molar-refractivity contribution in [2.45, 2.75) is 78.9 Å². The van der Waals surface area contributed by atoms with Crippen LogP contribution in [0.1, 0.15) is 75.1 Å². The van der Waals surface area contributed by atoms with Gasteiger partial charge in [0.1, 0.15) is 20.1 Å². The molecule has 4 nitrogen and oxygen atoms in total. The first-order valence-electron chi connectivity index (χ1n) is 16.2. The summed E-state index contributed by atoms with van der Waals surface area (Å²) in [6.45, 7) is 7.57. The van der Waals surface area contributed by atoms with Crippen molar-refractivity contribution in [1.29, 1.82) is 0 Å². The molecule has 0 unspecified atom stereocenters. The van der Waals surface area contributed by atoms with Crippen LogP contribution < -0.4 is 0 Å². The van der Waals surface area contributed by atoms with Crippen molar-refractivity contribution in [3.05, 3.63) is 134 Å². The van der Waals surface area contributed by atoms with Gasteiger partial charge in [-0.25, -0.2) is 9.37 Å². The molecule has 0 radical (unpaired) electrons. The minimum Gasteiger partial charge on any atom is -0.457 e. The van der Waals surface area contributed by atoms with Gasteiger partial charge in [0.25, 0.3) is 0 Å². The molecule has 3 aromatic carbocycles. The number of rotatable bonds is 7. The van der Waals surface area contributed by atoms with E-state index in [0.29, 0.717) is 6.42 Å². The predicted octanol–water partition coefficient (Wildman–Crippen LogP) is 8.62. The number of allylic oxidation sites excluding steroid dienone is 4. The van der Waals surface area contributed by atoms with Crippen molar-refractivity contribution in [1.82, 2.24) is 0 Å². The Morgan fingerprint density at radius 1 is 0.689 bits per heavy atom. The van der Waals surface area contributed by atoms with Crippen LogP contribution in [0.4, 0.5) is 11.4 Å². The first-order valence-corrected chi connectivity index (χ1v) is 16.2. The highest BCUT2D eigenvalue weighted by atomic mass is 16.5. The summed E-state index contributed by atoms with van der Waals surface area (Å²) in [4.78, 5) is 13.1. The number of para-hydroxylation sites is 2. The molecular formula is C41H42N2O2+2. The van der Waals surface area contributed by atoms with Crippen LogP contribution >= 0.6 is 0 Å². The van der Waals surface area contributed by atoms with Gasteiger partial charge in [-0.2, -0.15) is 4.58 Å². The molecule has 0 atom stereocenters. The zero-order valence-electron chi connectivity index (χ0n) is 27.0. The molecule has 226 valence electrons. The first kappa shape index (κ1) is 29.2. The van der Waals surface area contributed by atoms with Gasteiger partial charge in [-0.05, 0) is 56.7 Å². The Kier molecular flexibility index (Phi) is 7.85. The fourth-order valence-electron chi connectivity index (χ4n) is 7.37. The maximum absolute atomic E-state index is 13.1. The quantitative estimate of drug-likeness (QED) is 0.119. The molecule has 3 aromatic rings. The van der Waals surface area contributed by atoms with Gasteiger partial charge in [0.2, 0.25) is 11.4 Å². The average molecular weight is 595 g/mol. The van der Waals surface area contributed by atoms with E-state index in [4.69, 9.17) is 4.74 Å². The second kappa shape index (κ2) is 12.1. The van der Waals surface area contributed by atoms with E-state index in [9.17, 15) is 4.79 Å². The minimum atomic E-state index is -0.195. The summed E-state index contributed by atoms with van der Waals surface area (Å²) in [5.74, 6) is -0.195. The van der Waals surface area contributed by atoms with E-state index in [-0.39, 0.29) is 12.6 Å². The van der Waals surface area contributed by atoms with Crippen molar-refractivity contribution in [3.63, 3.8) is 0 Å². The van der Waals surface area contributed by atoms with Crippen LogP contribution in [0, 0.1) is 0 Å². The zero-order valence-corrected chi connectivity index (χ0v) is 27.0. The number of carbonyl (C=O) groups excluding carboxylic acids is 1. The Bertz CT molecular complexity index is 1910. The molecule has 4 aliphatic rings. The number of hydrogen-bond donors (Lipinski definition) is 0. The summed E-state index contributed by atoms with van der Waals surface area (Å²) in [5, 5.41) is 0. The second-order valence-electron chi connectivity index (χ2n) is 13.3. The molecule has 0 spiro atoms. The van der Waals surface area contributed by atoms with E-state index in [1.54, 1.807) is 0 Å². The number of nitrogens with zero attached hydrogens (tertiary/aromatic N) is 2. The molecule has 4 heteroatoms. The van der Waals surface area contributed by atoms with Gasteiger partial charge in [-0.1, -0.05) is 77.4 Å². The van der Waals surface area contributed by atoms with Crippen molar-refractivity contribution in [2.75, 3.05) is 7.05 Å². The third kappa shape index (κ3) is 5.95. The van der Waals surface area contributed by atoms with Crippen molar-refractivity contribution < 1.29 is 18.7 Å². The number of ether oxygens (including phenoxy) is 1. The lowest BCUT2D eigenvalue weighted by molar-refractivity contribution is -0.456. The smallest absolute Gasteiger partial charge is 0.334 e. The maximum Gasteiger partial charge on any atom is 0.334 e. The highest BCUT2D eigenvalue weighted by molar-refractivity contribution is 6.05. The number of hydrogen-bond acceptors (Lipinski definition) is 2. The molecule has 2 heterocycles. The SMILES string of the molecule is CC1=C(C)CC(=C=C2CC(C)=C(C(=O)OCc3ccc(C[N+]4=C(CC5=[N+](C)c6ccccc6C5)Cc5ccccc54)cc3)C2)C1. The van der Waals surface area contributed by atoms with E-state index >= 15 is 0 Å². The van der Waals surface area contributed by atoms with Crippen molar-refractivity contribution >= 4 is 28.8 Å². The summed E-state index contributed by atoms with van der Waals surface area (Å²) in [5.41, 5.74) is 21.6. The average Bonchev–Trinajstić information content (AvgIpc) is 3.76. The Balaban J connectivity index is 1.01. The lowest BCUT2D eigenvalue weighted by Crippen LogP contribution is -2.20. The van der Waals surface area contributed by atoms with Crippen LogP contribution in [-0.4, -0.2) is 33.6 Å². The van der Waals surface area contributed by atoms with Gasteiger partial charge in [0.05, 0.1) is 12.8 Å². The zero-order chi connectivity index (χ0) is 31.1. The fourth-order valence-corrected chi connectivity index (χ4v) is 7.37. The molecule has 0 amide bonds. The summed E-state index contributed by atoms with van der Waals surface area (Å²) >= 11 is 0. The molecule has 45 heavy (non-hydrogen) atoms. The second-order valence-corrected chi connectivity index (χ2v) is 13.3. The van der Waals surface area contributed by atoms with Crippen LogP contribution in [0.15, 0.2) is 112 Å². The van der Waals surface area contributed by atoms with E-state index in [1.807, 2.05) is 0 Å². The lowest BCUT2D eigenvalue weighted by Gasteiger charge is -2.08. The Morgan fingerprint density at radius 2 is 1.27 bits per heavy atom. The van der Waals surface area contributed by atoms with Gasteiger partial charge in [0.15, 0.2) is 18.0 Å². The maximum atomic E-state index is 13.1.